The lowest BCUT2D eigenvalue weighted by molar-refractivity contribution is 0.767. The van der Waals surface area contributed by atoms with Gasteiger partial charge in [0.2, 0.25) is 0 Å². The highest BCUT2D eigenvalue weighted by Gasteiger charge is 2.47. The third kappa shape index (κ3) is 5.42. The van der Waals surface area contributed by atoms with E-state index in [1.807, 2.05) is 0 Å². The Hall–Kier alpha value is -7.68. The fourth-order valence-corrected chi connectivity index (χ4v) is 10.6. The van der Waals surface area contributed by atoms with E-state index >= 15 is 0 Å². The molecule has 1 unspecified atom stereocenters. The lowest BCUT2D eigenvalue weighted by Crippen LogP contribution is -2.28. The summed E-state index contributed by atoms with van der Waals surface area (Å²) in [6, 6.07) is 80.7. The summed E-state index contributed by atoms with van der Waals surface area (Å²) in [5.41, 5.74) is 18.2. The molecule has 0 saturated heterocycles. The van der Waals surface area contributed by atoms with Gasteiger partial charge in [-0.1, -0.05) is 188 Å². The third-order valence-corrected chi connectivity index (χ3v) is 13.2. The SMILES string of the molecule is C1=CCC2C(=C1)N(c1ccc3c(c1)C(c1ccccc1)(c1ccccc1)c1ccccc1-3)c1cc(-c3ccccc3N(c3ccccc3)c3cccc4ccccc34)ccc12. The van der Waals surface area contributed by atoms with E-state index in [1.165, 1.54) is 77.9 Å². The van der Waals surface area contributed by atoms with Gasteiger partial charge in [-0.15, -0.1) is 0 Å². The molecule has 288 valence electrons. The van der Waals surface area contributed by atoms with Crippen LogP contribution < -0.4 is 9.80 Å². The number of hydrogen-bond donors (Lipinski definition) is 0. The minimum atomic E-state index is -0.476. The van der Waals surface area contributed by atoms with Crippen molar-refractivity contribution in [2.75, 3.05) is 9.80 Å². The molecule has 2 aliphatic carbocycles. The molecule has 9 aromatic carbocycles. The summed E-state index contributed by atoms with van der Waals surface area (Å²) >= 11 is 0. The number of nitrogens with zero attached hydrogens (tertiary/aromatic N) is 2. The molecule has 61 heavy (non-hydrogen) atoms. The van der Waals surface area contributed by atoms with Crippen molar-refractivity contribution >= 4 is 39.2 Å². The van der Waals surface area contributed by atoms with E-state index in [9.17, 15) is 0 Å². The van der Waals surface area contributed by atoms with Crippen LogP contribution in [-0.4, -0.2) is 0 Å². The maximum absolute atomic E-state index is 2.55. The van der Waals surface area contributed by atoms with Crippen LogP contribution in [0.3, 0.4) is 0 Å². The van der Waals surface area contributed by atoms with E-state index in [1.54, 1.807) is 0 Å². The average molecular weight is 779 g/mol. The molecule has 3 aliphatic rings. The van der Waals surface area contributed by atoms with Crippen molar-refractivity contribution in [3.8, 4) is 22.3 Å². The Labute approximate surface area is 357 Å². The summed E-state index contributed by atoms with van der Waals surface area (Å²) in [5, 5.41) is 2.44. The van der Waals surface area contributed by atoms with Crippen LogP contribution in [0.4, 0.5) is 28.4 Å². The molecular weight excluding hydrogens is 737 g/mol. The Bertz CT molecular complexity index is 3140. The van der Waals surface area contributed by atoms with E-state index in [2.05, 4.69) is 246 Å². The molecule has 0 radical (unpaired) electrons. The van der Waals surface area contributed by atoms with Gasteiger partial charge in [-0.3, -0.25) is 0 Å². The molecule has 0 fully saturated rings. The molecule has 0 bridgehead atoms. The number of para-hydroxylation sites is 2. The van der Waals surface area contributed by atoms with Gasteiger partial charge in [0.05, 0.1) is 22.5 Å². The maximum atomic E-state index is 2.55. The average Bonchev–Trinajstić information content (AvgIpc) is 3.83. The van der Waals surface area contributed by atoms with Gasteiger partial charge in [-0.25, -0.2) is 0 Å². The number of allylic oxidation sites excluding steroid dienone is 4. The van der Waals surface area contributed by atoms with Crippen molar-refractivity contribution in [1.82, 2.24) is 0 Å². The molecule has 9 aromatic rings. The van der Waals surface area contributed by atoms with E-state index in [0.717, 1.165) is 23.5 Å². The molecule has 12 rings (SSSR count). The molecule has 0 spiro atoms. The van der Waals surface area contributed by atoms with Crippen molar-refractivity contribution < 1.29 is 0 Å². The predicted molar refractivity (Wildman–Crippen MR) is 255 cm³/mol. The fraction of sp³-hybridized carbons (Fsp3) is 0.0508. The molecule has 2 nitrogen and oxygen atoms in total. The number of anilines is 5. The first-order chi connectivity index (χ1) is 30.3. The highest BCUT2D eigenvalue weighted by Crippen LogP contribution is 2.59. The van der Waals surface area contributed by atoms with Crippen molar-refractivity contribution in [2.24, 2.45) is 0 Å². The van der Waals surface area contributed by atoms with Crippen molar-refractivity contribution in [3.05, 3.63) is 270 Å². The minimum Gasteiger partial charge on any atom is -0.313 e. The number of hydrogen-bond acceptors (Lipinski definition) is 2. The summed E-state index contributed by atoms with van der Waals surface area (Å²) in [7, 11) is 0. The van der Waals surface area contributed by atoms with Crippen LogP contribution in [0.25, 0.3) is 33.0 Å². The van der Waals surface area contributed by atoms with Crippen LogP contribution in [0.1, 0.15) is 40.2 Å². The van der Waals surface area contributed by atoms with Gasteiger partial charge in [0, 0.05) is 33.9 Å². The highest BCUT2D eigenvalue weighted by atomic mass is 15.2. The zero-order valence-corrected chi connectivity index (χ0v) is 33.7. The molecule has 0 aromatic heterocycles. The second-order valence-electron chi connectivity index (χ2n) is 16.4. The summed E-state index contributed by atoms with van der Waals surface area (Å²) in [6.45, 7) is 0. The Morgan fingerprint density at radius 3 is 1.93 bits per heavy atom. The molecule has 1 atom stereocenters. The second-order valence-corrected chi connectivity index (χ2v) is 16.4. The number of rotatable bonds is 7. The van der Waals surface area contributed by atoms with Gasteiger partial charge in [0.25, 0.3) is 0 Å². The van der Waals surface area contributed by atoms with Gasteiger partial charge < -0.3 is 9.80 Å². The maximum Gasteiger partial charge on any atom is 0.0714 e. The highest BCUT2D eigenvalue weighted by molar-refractivity contribution is 6.01. The van der Waals surface area contributed by atoms with E-state index in [-0.39, 0.29) is 5.92 Å². The zero-order chi connectivity index (χ0) is 40.3. The smallest absolute Gasteiger partial charge is 0.0714 e. The fourth-order valence-electron chi connectivity index (χ4n) is 10.6. The lowest BCUT2D eigenvalue weighted by Gasteiger charge is -2.34. The molecule has 1 heterocycles. The second kappa shape index (κ2) is 14.3. The zero-order valence-electron chi connectivity index (χ0n) is 33.7. The van der Waals surface area contributed by atoms with Gasteiger partial charge in [-0.05, 0) is 105 Å². The van der Waals surface area contributed by atoms with Gasteiger partial charge in [0.1, 0.15) is 0 Å². The van der Waals surface area contributed by atoms with E-state index in [0.29, 0.717) is 0 Å². The van der Waals surface area contributed by atoms with Crippen LogP contribution >= 0.6 is 0 Å². The van der Waals surface area contributed by atoms with Crippen molar-refractivity contribution in [1.29, 1.82) is 0 Å². The summed E-state index contributed by atoms with van der Waals surface area (Å²) in [5.74, 6) is 0.277. The van der Waals surface area contributed by atoms with Crippen LogP contribution in [-0.2, 0) is 5.41 Å². The summed E-state index contributed by atoms with van der Waals surface area (Å²) in [6.07, 6.45) is 7.87. The Kier molecular flexibility index (Phi) is 8.24. The summed E-state index contributed by atoms with van der Waals surface area (Å²) < 4.78 is 0. The monoisotopic (exact) mass is 778 g/mol. The van der Waals surface area contributed by atoms with Crippen LogP contribution in [0.5, 0.6) is 0 Å². The normalized spacial score (nSPS) is 15.4. The first kappa shape index (κ1) is 35.3. The Morgan fingerprint density at radius 2 is 1.13 bits per heavy atom. The molecule has 0 amide bonds. The standard InChI is InChI=1S/C59H42N2/c1-4-21-43(22-5-1)59(44-23-6-2-7-24-44)53-31-15-12-29-49(53)50-38-36-46(40-54(50)59)61-57-33-17-14-30-51(57)52-37-35-42(39-58(52)61)48-28-13-16-32-55(48)60(45-25-8-3-9-26-45)56-34-18-20-41-19-10-11-27-47(41)56/h1-29,31-40,51H,30H2. The van der Waals surface area contributed by atoms with Crippen LogP contribution in [0, 0.1) is 0 Å². The van der Waals surface area contributed by atoms with Crippen molar-refractivity contribution in [3.63, 3.8) is 0 Å². The quantitative estimate of drug-likeness (QED) is 0.159. The largest absolute Gasteiger partial charge is 0.313 e. The third-order valence-electron chi connectivity index (χ3n) is 13.2. The first-order valence-corrected chi connectivity index (χ1v) is 21.4. The number of benzene rings is 9. The Balaban J connectivity index is 1.05. The van der Waals surface area contributed by atoms with Gasteiger partial charge in [0.15, 0.2) is 0 Å². The lowest BCUT2D eigenvalue weighted by atomic mass is 9.67. The molecule has 2 heteroatoms. The summed E-state index contributed by atoms with van der Waals surface area (Å²) in [4.78, 5) is 4.99. The number of fused-ring (bicyclic) bond motifs is 7. The van der Waals surface area contributed by atoms with E-state index < -0.39 is 5.41 Å². The van der Waals surface area contributed by atoms with Gasteiger partial charge >= 0.3 is 0 Å². The van der Waals surface area contributed by atoms with Crippen LogP contribution in [0.15, 0.2) is 242 Å². The Morgan fingerprint density at radius 1 is 0.492 bits per heavy atom. The van der Waals surface area contributed by atoms with Crippen molar-refractivity contribution in [2.45, 2.75) is 17.8 Å². The van der Waals surface area contributed by atoms with E-state index in [4.69, 9.17) is 0 Å². The predicted octanol–water partition coefficient (Wildman–Crippen LogP) is 15.4. The minimum absolute atomic E-state index is 0.277. The molecule has 1 aliphatic heterocycles. The van der Waals surface area contributed by atoms with Gasteiger partial charge in [-0.2, -0.15) is 0 Å². The molecular formula is C59H42N2. The molecule has 0 N–H and O–H groups in total. The molecule has 0 saturated carbocycles. The first-order valence-electron chi connectivity index (χ1n) is 21.4. The topological polar surface area (TPSA) is 6.48 Å². The van der Waals surface area contributed by atoms with Crippen LogP contribution in [0.2, 0.25) is 0 Å².